The molecular weight excluding hydrogens is 438 g/mol. The standard InChI is InChI=1S/C22H16BrNO3S/c23-16-10-8-15(9-11-16)19-18(20(25)17-7-4-12-28-17)21(26)22(27)24(19)13-14-5-2-1-3-6-14/h1-12,19,26H,13H2. The van der Waals surface area contributed by atoms with Crippen LogP contribution in [-0.2, 0) is 11.3 Å². The number of hydrogen-bond donors (Lipinski definition) is 1. The van der Waals surface area contributed by atoms with Crippen molar-refractivity contribution in [3.8, 4) is 0 Å². The van der Waals surface area contributed by atoms with Gasteiger partial charge in [-0.15, -0.1) is 11.3 Å². The van der Waals surface area contributed by atoms with Crippen molar-refractivity contribution in [3.63, 3.8) is 0 Å². The monoisotopic (exact) mass is 453 g/mol. The topological polar surface area (TPSA) is 57.6 Å². The van der Waals surface area contributed by atoms with E-state index in [1.807, 2.05) is 54.6 Å². The summed E-state index contributed by atoms with van der Waals surface area (Å²) in [7, 11) is 0. The van der Waals surface area contributed by atoms with Crippen LogP contribution in [0.15, 0.2) is 87.9 Å². The van der Waals surface area contributed by atoms with E-state index in [2.05, 4.69) is 15.9 Å². The minimum absolute atomic E-state index is 0.130. The van der Waals surface area contributed by atoms with Gasteiger partial charge in [-0.05, 0) is 34.7 Å². The Balaban J connectivity index is 1.79. The first-order valence-electron chi connectivity index (χ1n) is 8.68. The van der Waals surface area contributed by atoms with Gasteiger partial charge in [0.15, 0.2) is 5.76 Å². The van der Waals surface area contributed by atoms with Crippen molar-refractivity contribution in [2.45, 2.75) is 12.6 Å². The van der Waals surface area contributed by atoms with Crippen LogP contribution in [0.3, 0.4) is 0 Å². The molecule has 140 valence electrons. The van der Waals surface area contributed by atoms with Crippen LogP contribution < -0.4 is 0 Å². The molecule has 1 unspecified atom stereocenters. The molecule has 0 aliphatic carbocycles. The van der Waals surface area contributed by atoms with Crippen molar-refractivity contribution < 1.29 is 14.7 Å². The fourth-order valence-corrected chi connectivity index (χ4v) is 4.30. The molecule has 4 nitrogen and oxygen atoms in total. The van der Waals surface area contributed by atoms with Crippen molar-refractivity contribution in [2.24, 2.45) is 0 Å². The number of benzene rings is 2. The SMILES string of the molecule is O=C(C1=C(O)C(=O)N(Cc2ccccc2)C1c1ccc(Br)cc1)c1cccs1. The lowest BCUT2D eigenvalue weighted by Gasteiger charge is -2.27. The first-order valence-corrected chi connectivity index (χ1v) is 10.3. The molecule has 0 fully saturated rings. The third-order valence-electron chi connectivity index (χ3n) is 4.67. The van der Waals surface area contributed by atoms with Gasteiger partial charge in [0.25, 0.3) is 5.91 Å². The van der Waals surface area contributed by atoms with Crippen LogP contribution in [0.5, 0.6) is 0 Å². The summed E-state index contributed by atoms with van der Waals surface area (Å²) in [6.45, 7) is 0.297. The zero-order valence-corrected chi connectivity index (χ0v) is 17.1. The Morgan fingerprint density at radius 2 is 1.75 bits per heavy atom. The molecule has 2 heterocycles. The molecule has 0 saturated carbocycles. The highest BCUT2D eigenvalue weighted by Crippen LogP contribution is 2.40. The molecule has 0 spiro atoms. The van der Waals surface area contributed by atoms with Gasteiger partial charge in [-0.25, -0.2) is 0 Å². The van der Waals surface area contributed by atoms with E-state index in [1.165, 1.54) is 11.3 Å². The van der Waals surface area contributed by atoms with Crippen LogP contribution in [-0.4, -0.2) is 21.7 Å². The van der Waals surface area contributed by atoms with Gasteiger partial charge in [0.1, 0.15) is 0 Å². The molecular formula is C22H16BrNO3S. The molecule has 2 aromatic carbocycles. The number of amides is 1. The van der Waals surface area contributed by atoms with E-state index in [9.17, 15) is 14.7 Å². The predicted molar refractivity (Wildman–Crippen MR) is 112 cm³/mol. The number of rotatable bonds is 5. The normalized spacial score (nSPS) is 16.7. The molecule has 0 radical (unpaired) electrons. The van der Waals surface area contributed by atoms with Crippen LogP contribution in [0.25, 0.3) is 0 Å². The number of halogens is 1. The second-order valence-electron chi connectivity index (χ2n) is 6.44. The molecule has 1 aliphatic rings. The van der Waals surface area contributed by atoms with E-state index in [-0.39, 0.29) is 11.4 Å². The number of hydrogen-bond acceptors (Lipinski definition) is 4. The summed E-state index contributed by atoms with van der Waals surface area (Å²) in [6, 6.07) is 19.8. The lowest BCUT2D eigenvalue weighted by Crippen LogP contribution is -2.30. The number of carbonyl (C=O) groups excluding carboxylic acids is 2. The molecule has 1 N–H and O–H groups in total. The van der Waals surface area contributed by atoms with Gasteiger partial charge in [-0.1, -0.05) is 64.5 Å². The van der Waals surface area contributed by atoms with Crippen molar-refractivity contribution in [1.29, 1.82) is 0 Å². The Hall–Kier alpha value is -2.70. The Morgan fingerprint density at radius 3 is 2.39 bits per heavy atom. The fraction of sp³-hybridized carbons (Fsp3) is 0.0909. The van der Waals surface area contributed by atoms with Gasteiger partial charge in [0, 0.05) is 11.0 Å². The minimum Gasteiger partial charge on any atom is -0.503 e. The number of nitrogens with zero attached hydrogens (tertiary/aromatic N) is 1. The zero-order valence-electron chi connectivity index (χ0n) is 14.7. The summed E-state index contributed by atoms with van der Waals surface area (Å²) in [5.41, 5.74) is 1.83. The van der Waals surface area contributed by atoms with E-state index >= 15 is 0 Å². The summed E-state index contributed by atoms with van der Waals surface area (Å²) >= 11 is 4.71. The highest BCUT2D eigenvalue weighted by Gasteiger charge is 2.43. The third kappa shape index (κ3) is 3.41. The molecule has 0 saturated heterocycles. The fourth-order valence-electron chi connectivity index (χ4n) is 3.36. The van der Waals surface area contributed by atoms with E-state index in [0.29, 0.717) is 11.4 Å². The number of thiophene rings is 1. The van der Waals surface area contributed by atoms with Gasteiger partial charge in [0.2, 0.25) is 5.78 Å². The van der Waals surface area contributed by atoms with Crippen molar-refractivity contribution in [2.75, 3.05) is 0 Å². The van der Waals surface area contributed by atoms with Gasteiger partial charge in [0.05, 0.1) is 16.5 Å². The Labute approximate surface area is 174 Å². The molecule has 4 rings (SSSR count). The summed E-state index contributed by atoms with van der Waals surface area (Å²) in [5, 5.41) is 12.4. The van der Waals surface area contributed by atoms with E-state index in [4.69, 9.17) is 0 Å². The Bertz CT molecular complexity index is 1040. The summed E-state index contributed by atoms with van der Waals surface area (Å²) in [6.07, 6.45) is 0. The lowest BCUT2D eigenvalue weighted by atomic mass is 9.95. The predicted octanol–water partition coefficient (Wildman–Crippen LogP) is 5.29. The van der Waals surface area contributed by atoms with Crippen LogP contribution in [0.2, 0.25) is 0 Å². The summed E-state index contributed by atoms with van der Waals surface area (Å²) in [4.78, 5) is 28.1. The van der Waals surface area contributed by atoms with Gasteiger partial charge >= 0.3 is 0 Å². The maximum absolute atomic E-state index is 13.1. The van der Waals surface area contributed by atoms with E-state index in [1.54, 1.807) is 22.4 Å². The Morgan fingerprint density at radius 1 is 1.04 bits per heavy atom. The Kier molecular flexibility index (Phi) is 5.15. The third-order valence-corrected chi connectivity index (χ3v) is 6.07. The number of aliphatic hydroxyl groups is 1. The first kappa shape index (κ1) is 18.7. The van der Waals surface area contributed by atoms with Crippen molar-refractivity contribution >= 4 is 39.0 Å². The van der Waals surface area contributed by atoms with Crippen molar-refractivity contribution in [3.05, 3.63) is 104 Å². The highest BCUT2D eigenvalue weighted by atomic mass is 79.9. The van der Waals surface area contributed by atoms with Crippen molar-refractivity contribution in [1.82, 2.24) is 4.90 Å². The molecule has 1 atom stereocenters. The molecule has 1 amide bonds. The minimum atomic E-state index is -0.643. The average molecular weight is 454 g/mol. The van der Waals surface area contributed by atoms with Gasteiger partial charge < -0.3 is 10.0 Å². The molecule has 0 bridgehead atoms. The first-order chi connectivity index (χ1) is 13.6. The van der Waals surface area contributed by atoms with Crippen LogP contribution in [0.1, 0.15) is 26.8 Å². The van der Waals surface area contributed by atoms with Gasteiger partial charge in [-0.2, -0.15) is 0 Å². The summed E-state index contributed by atoms with van der Waals surface area (Å²) < 4.78 is 0.898. The second kappa shape index (κ2) is 7.73. The van der Waals surface area contributed by atoms with E-state index in [0.717, 1.165) is 15.6 Å². The number of aliphatic hydroxyl groups excluding tert-OH is 1. The maximum atomic E-state index is 13.1. The lowest BCUT2D eigenvalue weighted by molar-refractivity contribution is -0.130. The smallest absolute Gasteiger partial charge is 0.290 e. The highest BCUT2D eigenvalue weighted by molar-refractivity contribution is 9.10. The quantitative estimate of drug-likeness (QED) is 0.533. The maximum Gasteiger partial charge on any atom is 0.290 e. The number of Topliss-reactive ketones (excluding diaryl/α,β-unsaturated/α-hetero) is 1. The second-order valence-corrected chi connectivity index (χ2v) is 8.30. The molecule has 3 aromatic rings. The molecule has 6 heteroatoms. The zero-order chi connectivity index (χ0) is 19.7. The van der Waals surface area contributed by atoms with Gasteiger partial charge in [-0.3, -0.25) is 9.59 Å². The largest absolute Gasteiger partial charge is 0.503 e. The van der Waals surface area contributed by atoms with Crippen LogP contribution in [0, 0.1) is 0 Å². The molecule has 28 heavy (non-hydrogen) atoms. The summed E-state index contributed by atoms with van der Waals surface area (Å²) in [5.74, 6) is -1.32. The van der Waals surface area contributed by atoms with E-state index < -0.39 is 17.7 Å². The van der Waals surface area contributed by atoms with Crippen LogP contribution in [0.4, 0.5) is 0 Å². The number of carbonyl (C=O) groups is 2. The molecule has 1 aromatic heterocycles. The number of ketones is 1. The van der Waals surface area contributed by atoms with Crippen LogP contribution >= 0.6 is 27.3 Å². The molecule has 1 aliphatic heterocycles. The average Bonchev–Trinajstić information content (AvgIpc) is 3.33.